The highest BCUT2D eigenvalue weighted by molar-refractivity contribution is 6.29. The van der Waals surface area contributed by atoms with Crippen molar-refractivity contribution in [1.82, 2.24) is 9.97 Å². The monoisotopic (exact) mass is 251 g/mol. The predicted octanol–water partition coefficient (Wildman–Crippen LogP) is 3.00. The Bertz CT molecular complexity index is 543. The van der Waals surface area contributed by atoms with Gasteiger partial charge in [0.2, 0.25) is 0 Å². The van der Waals surface area contributed by atoms with Gasteiger partial charge in [-0.1, -0.05) is 11.6 Å². The van der Waals surface area contributed by atoms with Crippen molar-refractivity contribution < 1.29 is 4.39 Å². The molecule has 0 bridgehead atoms. The molecule has 17 heavy (non-hydrogen) atoms. The molecule has 0 N–H and O–H groups in total. The standard InChI is InChI=1S/C12H11ClFN3/c1-17(2)8-3-4-15-11(5-8)9-7-16-12(13)6-10(9)14/h3-7H,1-2H3. The number of halogens is 2. The van der Waals surface area contributed by atoms with Crippen LogP contribution in [0.4, 0.5) is 10.1 Å². The highest BCUT2D eigenvalue weighted by Crippen LogP contribution is 2.24. The molecule has 0 saturated carbocycles. The molecule has 88 valence electrons. The number of hydrogen-bond acceptors (Lipinski definition) is 3. The van der Waals surface area contributed by atoms with Crippen molar-refractivity contribution in [2.24, 2.45) is 0 Å². The first-order valence-electron chi connectivity index (χ1n) is 5.02. The van der Waals surface area contributed by atoms with Crippen LogP contribution in [-0.2, 0) is 0 Å². The van der Waals surface area contributed by atoms with E-state index in [-0.39, 0.29) is 5.15 Å². The van der Waals surface area contributed by atoms with Crippen LogP contribution in [0.2, 0.25) is 5.15 Å². The molecule has 0 unspecified atom stereocenters. The smallest absolute Gasteiger partial charge is 0.137 e. The maximum absolute atomic E-state index is 13.7. The van der Waals surface area contributed by atoms with Gasteiger partial charge in [0.15, 0.2) is 0 Å². The second-order valence-corrected chi connectivity index (χ2v) is 4.17. The van der Waals surface area contributed by atoms with Gasteiger partial charge >= 0.3 is 0 Å². The molecular formula is C12H11ClFN3. The Morgan fingerprint density at radius 2 is 2.00 bits per heavy atom. The largest absolute Gasteiger partial charge is 0.378 e. The highest BCUT2D eigenvalue weighted by Gasteiger charge is 2.09. The van der Waals surface area contributed by atoms with E-state index in [4.69, 9.17) is 11.6 Å². The van der Waals surface area contributed by atoms with Crippen LogP contribution in [-0.4, -0.2) is 24.1 Å². The molecule has 5 heteroatoms. The van der Waals surface area contributed by atoms with Crippen molar-refractivity contribution >= 4 is 17.3 Å². The molecule has 0 fully saturated rings. The quantitative estimate of drug-likeness (QED) is 0.769. The molecular weight excluding hydrogens is 241 g/mol. The zero-order valence-electron chi connectivity index (χ0n) is 9.48. The molecule has 0 radical (unpaired) electrons. The van der Waals surface area contributed by atoms with Gasteiger partial charge in [-0.3, -0.25) is 4.98 Å². The third-order valence-corrected chi connectivity index (χ3v) is 2.56. The van der Waals surface area contributed by atoms with Gasteiger partial charge < -0.3 is 4.90 Å². The third-order valence-electron chi connectivity index (χ3n) is 2.36. The summed E-state index contributed by atoms with van der Waals surface area (Å²) in [4.78, 5) is 9.92. The summed E-state index contributed by atoms with van der Waals surface area (Å²) in [6.07, 6.45) is 3.03. The van der Waals surface area contributed by atoms with Gasteiger partial charge in [0, 0.05) is 38.2 Å². The molecule has 0 atom stereocenters. The highest BCUT2D eigenvalue weighted by atomic mass is 35.5. The molecule has 0 aliphatic rings. The minimum Gasteiger partial charge on any atom is -0.378 e. The molecule has 2 aromatic heterocycles. The average molecular weight is 252 g/mol. The van der Waals surface area contributed by atoms with Crippen molar-refractivity contribution in [3.05, 3.63) is 41.6 Å². The lowest BCUT2D eigenvalue weighted by molar-refractivity contribution is 0.628. The Labute approximate surface area is 104 Å². The summed E-state index contributed by atoms with van der Waals surface area (Å²) >= 11 is 5.61. The Hall–Kier alpha value is -1.68. The summed E-state index contributed by atoms with van der Waals surface area (Å²) in [6, 6.07) is 4.83. The van der Waals surface area contributed by atoms with Crippen LogP contribution in [0.5, 0.6) is 0 Å². The van der Waals surface area contributed by atoms with Gasteiger partial charge in [0.1, 0.15) is 11.0 Å². The van der Waals surface area contributed by atoms with E-state index in [2.05, 4.69) is 9.97 Å². The summed E-state index contributed by atoms with van der Waals surface area (Å²) in [6.45, 7) is 0. The molecule has 2 rings (SSSR count). The summed E-state index contributed by atoms with van der Waals surface area (Å²) in [5.74, 6) is -0.423. The number of anilines is 1. The number of rotatable bonds is 2. The van der Waals surface area contributed by atoms with Gasteiger partial charge in [0.25, 0.3) is 0 Å². The number of nitrogens with zero attached hydrogens (tertiary/aromatic N) is 3. The summed E-state index contributed by atoms with van der Waals surface area (Å²) in [5, 5.41) is 0.134. The van der Waals surface area contributed by atoms with Gasteiger partial charge in [-0.15, -0.1) is 0 Å². The minimum absolute atomic E-state index is 0.134. The first kappa shape index (κ1) is 11.8. The summed E-state index contributed by atoms with van der Waals surface area (Å²) in [5.41, 5.74) is 1.83. The second kappa shape index (κ2) is 4.67. The van der Waals surface area contributed by atoms with Crippen molar-refractivity contribution in [1.29, 1.82) is 0 Å². The van der Waals surface area contributed by atoms with E-state index in [9.17, 15) is 4.39 Å². The molecule has 0 amide bonds. The Kier molecular flexibility index (Phi) is 3.24. The van der Waals surface area contributed by atoms with Gasteiger partial charge in [-0.25, -0.2) is 9.37 Å². The van der Waals surface area contributed by atoms with E-state index >= 15 is 0 Å². The van der Waals surface area contributed by atoms with E-state index < -0.39 is 5.82 Å². The Balaban J connectivity index is 2.49. The van der Waals surface area contributed by atoms with Crippen LogP contribution in [0.25, 0.3) is 11.3 Å². The van der Waals surface area contributed by atoms with Gasteiger partial charge in [0.05, 0.1) is 11.3 Å². The number of pyridine rings is 2. The first-order valence-corrected chi connectivity index (χ1v) is 5.40. The van der Waals surface area contributed by atoms with E-state index in [0.29, 0.717) is 11.3 Å². The van der Waals surface area contributed by atoms with E-state index in [1.165, 1.54) is 12.3 Å². The summed E-state index contributed by atoms with van der Waals surface area (Å²) in [7, 11) is 3.82. The lowest BCUT2D eigenvalue weighted by Gasteiger charge is -2.13. The fraction of sp³-hybridized carbons (Fsp3) is 0.167. The fourth-order valence-corrected chi connectivity index (χ4v) is 1.59. The van der Waals surface area contributed by atoms with Crippen LogP contribution in [0.1, 0.15) is 0 Å². The predicted molar refractivity (Wildman–Crippen MR) is 66.8 cm³/mol. The maximum atomic E-state index is 13.7. The molecule has 0 aliphatic heterocycles. The first-order chi connectivity index (χ1) is 8.08. The fourth-order valence-electron chi connectivity index (χ4n) is 1.44. The van der Waals surface area contributed by atoms with Crippen LogP contribution < -0.4 is 4.90 Å². The lowest BCUT2D eigenvalue weighted by Crippen LogP contribution is -2.08. The lowest BCUT2D eigenvalue weighted by atomic mass is 10.1. The SMILES string of the molecule is CN(C)c1ccnc(-c2cnc(Cl)cc2F)c1. The average Bonchev–Trinajstić information content (AvgIpc) is 2.29. The van der Waals surface area contributed by atoms with E-state index in [1.54, 1.807) is 12.3 Å². The van der Waals surface area contributed by atoms with Crippen LogP contribution >= 0.6 is 11.6 Å². The third kappa shape index (κ3) is 2.53. The Morgan fingerprint density at radius 1 is 1.24 bits per heavy atom. The van der Waals surface area contributed by atoms with Crippen molar-refractivity contribution in [2.45, 2.75) is 0 Å². The van der Waals surface area contributed by atoms with Gasteiger partial charge in [-0.05, 0) is 12.1 Å². The molecule has 0 saturated heterocycles. The molecule has 0 spiro atoms. The maximum Gasteiger partial charge on any atom is 0.137 e. The zero-order valence-corrected chi connectivity index (χ0v) is 10.2. The topological polar surface area (TPSA) is 29.0 Å². The van der Waals surface area contributed by atoms with Crippen molar-refractivity contribution in [3.8, 4) is 11.3 Å². The Morgan fingerprint density at radius 3 is 2.65 bits per heavy atom. The van der Waals surface area contributed by atoms with Gasteiger partial charge in [-0.2, -0.15) is 0 Å². The zero-order chi connectivity index (χ0) is 12.4. The molecule has 0 aliphatic carbocycles. The molecule has 0 aromatic carbocycles. The number of aromatic nitrogens is 2. The molecule has 3 nitrogen and oxygen atoms in total. The normalized spacial score (nSPS) is 10.4. The van der Waals surface area contributed by atoms with Crippen LogP contribution in [0.3, 0.4) is 0 Å². The minimum atomic E-state index is -0.423. The second-order valence-electron chi connectivity index (χ2n) is 3.78. The van der Waals surface area contributed by atoms with Crippen molar-refractivity contribution in [2.75, 3.05) is 19.0 Å². The van der Waals surface area contributed by atoms with Crippen LogP contribution in [0.15, 0.2) is 30.6 Å². The summed E-state index contributed by atoms with van der Waals surface area (Å²) < 4.78 is 13.7. The molecule has 2 heterocycles. The molecule has 2 aromatic rings. The number of hydrogen-bond donors (Lipinski definition) is 0. The van der Waals surface area contributed by atoms with Crippen molar-refractivity contribution in [3.63, 3.8) is 0 Å². The van der Waals surface area contributed by atoms with E-state index in [1.807, 2.05) is 25.1 Å². The van der Waals surface area contributed by atoms with E-state index in [0.717, 1.165) is 5.69 Å². The van der Waals surface area contributed by atoms with Crippen LogP contribution in [0, 0.1) is 5.82 Å².